The smallest absolute Gasteiger partial charge is 0.247 e. The average molecular weight is 445 g/mol. The van der Waals surface area contributed by atoms with Crippen LogP contribution in [0.2, 0.25) is 0 Å². The van der Waals surface area contributed by atoms with Crippen molar-refractivity contribution in [1.29, 1.82) is 0 Å². The molecule has 0 radical (unpaired) electrons. The van der Waals surface area contributed by atoms with E-state index in [1.165, 1.54) is 0 Å². The summed E-state index contributed by atoms with van der Waals surface area (Å²) in [6, 6.07) is 24.6. The summed E-state index contributed by atoms with van der Waals surface area (Å²) in [5.41, 5.74) is 3.59. The molecule has 32 heavy (non-hydrogen) atoms. The van der Waals surface area contributed by atoms with Crippen molar-refractivity contribution in [3.05, 3.63) is 96.2 Å². The first kappa shape index (κ1) is 20.5. The molecule has 0 saturated carbocycles. The van der Waals surface area contributed by atoms with E-state index in [1.54, 1.807) is 10.8 Å². The molecule has 1 aromatic heterocycles. The third kappa shape index (κ3) is 3.60. The van der Waals surface area contributed by atoms with Gasteiger partial charge in [0.1, 0.15) is 6.54 Å². The number of aromatic nitrogens is 1. The highest BCUT2D eigenvalue weighted by Crippen LogP contribution is 2.33. The van der Waals surface area contributed by atoms with Gasteiger partial charge in [0.2, 0.25) is 5.91 Å². The molecule has 4 aromatic rings. The van der Waals surface area contributed by atoms with Gasteiger partial charge in [0.15, 0.2) is 9.84 Å². The predicted molar refractivity (Wildman–Crippen MR) is 126 cm³/mol. The Hall–Kier alpha value is -3.38. The fourth-order valence-corrected chi connectivity index (χ4v) is 6.21. The van der Waals surface area contributed by atoms with Crippen LogP contribution < -0.4 is 4.90 Å². The second-order valence-corrected chi connectivity index (χ2v) is 10.3. The molecule has 0 fully saturated rings. The van der Waals surface area contributed by atoms with E-state index in [4.69, 9.17) is 0 Å². The summed E-state index contributed by atoms with van der Waals surface area (Å²) in [7, 11) is -3.58. The summed E-state index contributed by atoms with van der Waals surface area (Å²) in [5.74, 6) is -0.123. The summed E-state index contributed by atoms with van der Waals surface area (Å²) >= 11 is 0. The van der Waals surface area contributed by atoms with Crippen molar-refractivity contribution >= 4 is 32.3 Å². The minimum Gasteiger partial charge on any atom is -0.337 e. The molecule has 1 aliphatic rings. The Labute approximate surface area is 187 Å². The van der Waals surface area contributed by atoms with E-state index in [9.17, 15) is 13.2 Å². The van der Waals surface area contributed by atoms with Crippen LogP contribution >= 0.6 is 0 Å². The van der Waals surface area contributed by atoms with E-state index in [0.29, 0.717) is 5.39 Å². The molecule has 0 aliphatic carbocycles. The zero-order valence-electron chi connectivity index (χ0n) is 17.8. The average Bonchev–Trinajstić information content (AvgIpc) is 3.32. The first-order chi connectivity index (χ1) is 15.4. The Morgan fingerprint density at radius 3 is 2.44 bits per heavy atom. The number of sulfone groups is 1. The second-order valence-electron chi connectivity index (χ2n) is 8.33. The number of amides is 1. The molecule has 1 amide bonds. The Morgan fingerprint density at radius 2 is 1.62 bits per heavy atom. The Balaban J connectivity index is 1.50. The maximum Gasteiger partial charge on any atom is 0.247 e. The predicted octanol–water partition coefficient (Wildman–Crippen LogP) is 4.59. The lowest BCUT2D eigenvalue weighted by molar-refractivity contribution is -0.119. The molecule has 2 heterocycles. The van der Waals surface area contributed by atoms with Gasteiger partial charge in [0.05, 0.1) is 10.6 Å². The number of fused-ring (bicyclic) bond motifs is 2. The maximum absolute atomic E-state index is 13.3. The molecule has 5 rings (SSSR count). The second kappa shape index (κ2) is 7.95. The summed E-state index contributed by atoms with van der Waals surface area (Å²) in [6.07, 6.45) is 2.44. The van der Waals surface area contributed by atoms with Gasteiger partial charge in [-0.25, -0.2) is 8.42 Å². The highest BCUT2D eigenvalue weighted by atomic mass is 32.2. The van der Waals surface area contributed by atoms with Crippen molar-refractivity contribution in [2.75, 3.05) is 4.90 Å². The first-order valence-corrected chi connectivity index (χ1v) is 12.3. The van der Waals surface area contributed by atoms with Crippen molar-refractivity contribution in [2.45, 2.75) is 36.6 Å². The zero-order chi connectivity index (χ0) is 22.3. The van der Waals surface area contributed by atoms with Gasteiger partial charge in [0.25, 0.3) is 0 Å². The van der Waals surface area contributed by atoms with E-state index in [2.05, 4.69) is 6.07 Å². The molecule has 3 aromatic carbocycles. The largest absolute Gasteiger partial charge is 0.337 e. The number of nitrogens with zero attached hydrogens (tertiary/aromatic N) is 2. The zero-order valence-corrected chi connectivity index (χ0v) is 18.6. The van der Waals surface area contributed by atoms with E-state index in [0.717, 1.165) is 28.8 Å². The fourth-order valence-electron chi connectivity index (χ4n) is 4.63. The molecule has 0 spiro atoms. The standard InChI is InChI=1S/C26H24N2O3S/c1-19-15-21-11-5-7-13-23(21)28(19)26(29)17-27-16-25(22-12-6-8-14-24(22)27)32(30,31)18-20-9-3-2-4-10-20/h2-14,16,19H,15,17-18H2,1H3. The molecule has 6 heteroatoms. The minimum atomic E-state index is -3.58. The number of anilines is 1. The van der Waals surface area contributed by atoms with E-state index < -0.39 is 9.84 Å². The van der Waals surface area contributed by atoms with Crippen molar-refractivity contribution < 1.29 is 13.2 Å². The van der Waals surface area contributed by atoms with Crippen molar-refractivity contribution in [3.8, 4) is 0 Å². The topological polar surface area (TPSA) is 59.4 Å². The van der Waals surface area contributed by atoms with Gasteiger partial charge in [-0.3, -0.25) is 4.79 Å². The summed E-state index contributed by atoms with van der Waals surface area (Å²) in [4.78, 5) is 15.4. The highest BCUT2D eigenvalue weighted by Gasteiger charge is 2.31. The molecule has 0 saturated heterocycles. The van der Waals surface area contributed by atoms with E-state index in [1.807, 2.05) is 84.6 Å². The van der Waals surface area contributed by atoms with Crippen LogP contribution in [0.3, 0.4) is 0 Å². The van der Waals surface area contributed by atoms with Crippen LogP contribution in [0.5, 0.6) is 0 Å². The third-order valence-electron chi connectivity index (χ3n) is 6.07. The number of hydrogen-bond acceptors (Lipinski definition) is 3. The van der Waals surface area contributed by atoms with Crippen LogP contribution in [0.1, 0.15) is 18.1 Å². The fraction of sp³-hybridized carbons (Fsp3) is 0.192. The van der Waals surface area contributed by atoms with Crippen LogP contribution in [0.4, 0.5) is 5.69 Å². The van der Waals surface area contributed by atoms with Crippen LogP contribution in [0.15, 0.2) is 90.0 Å². The summed E-state index contributed by atoms with van der Waals surface area (Å²) in [5, 5.41) is 0.645. The third-order valence-corrected chi connectivity index (χ3v) is 7.78. The van der Waals surface area contributed by atoms with Crippen LogP contribution in [0, 0.1) is 0 Å². The SMILES string of the molecule is CC1Cc2ccccc2N1C(=O)Cn1cc(S(=O)(=O)Cc2ccccc2)c2ccccc21. The van der Waals surface area contributed by atoms with Gasteiger partial charge < -0.3 is 9.47 Å². The van der Waals surface area contributed by atoms with E-state index >= 15 is 0 Å². The van der Waals surface area contributed by atoms with Gasteiger partial charge in [-0.2, -0.15) is 0 Å². The molecule has 0 N–H and O–H groups in total. The number of para-hydroxylation sites is 2. The highest BCUT2D eigenvalue weighted by molar-refractivity contribution is 7.90. The number of carbonyl (C=O) groups is 1. The lowest BCUT2D eigenvalue weighted by Crippen LogP contribution is -2.37. The van der Waals surface area contributed by atoms with Crippen molar-refractivity contribution in [3.63, 3.8) is 0 Å². The van der Waals surface area contributed by atoms with Crippen LogP contribution in [-0.2, 0) is 33.4 Å². The number of hydrogen-bond donors (Lipinski definition) is 0. The minimum absolute atomic E-state index is 0.0461. The Bertz CT molecular complexity index is 1410. The molecule has 1 unspecified atom stereocenters. The molecule has 162 valence electrons. The lowest BCUT2D eigenvalue weighted by atomic mass is 10.1. The van der Waals surface area contributed by atoms with Crippen LogP contribution in [0.25, 0.3) is 10.9 Å². The maximum atomic E-state index is 13.3. The van der Waals surface area contributed by atoms with Gasteiger partial charge in [-0.15, -0.1) is 0 Å². The van der Waals surface area contributed by atoms with Crippen molar-refractivity contribution in [2.24, 2.45) is 0 Å². The molecule has 0 bridgehead atoms. The molecular weight excluding hydrogens is 420 g/mol. The molecular formula is C26H24N2O3S. The van der Waals surface area contributed by atoms with Gasteiger partial charge in [0, 0.05) is 28.8 Å². The first-order valence-electron chi connectivity index (χ1n) is 10.7. The monoisotopic (exact) mass is 444 g/mol. The van der Waals surface area contributed by atoms with E-state index in [-0.39, 0.29) is 29.1 Å². The normalized spacial score (nSPS) is 15.8. The van der Waals surface area contributed by atoms with Gasteiger partial charge >= 0.3 is 0 Å². The van der Waals surface area contributed by atoms with Crippen LogP contribution in [-0.4, -0.2) is 24.9 Å². The Kier molecular flexibility index (Phi) is 5.10. The Morgan fingerprint density at radius 1 is 0.938 bits per heavy atom. The number of benzene rings is 3. The number of carbonyl (C=O) groups excluding carboxylic acids is 1. The lowest BCUT2D eigenvalue weighted by Gasteiger charge is -2.23. The van der Waals surface area contributed by atoms with Gasteiger partial charge in [-0.05, 0) is 36.6 Å². The summed E-state index contributed by atoms with van der Waals surface area (Å²) in [6.45, 7) is 2.13. The van der Waals surface area contributed by atoms with Crippen molar-refractivity contribution in [1.82, 2.24) is 4.57 Å². The number of rotatable bonds is 5. The molecule has 1 aliphatic heterocycles. The molecule has 1 atom stereocenters. The van der Waals surface area contributed by atoms with Gasteiger partial charge in [-0.1, -0.05) is 66.7 Å². The quantitative estimate of drug-likeness (QED) is 0.452. The summed E-state index contributed by atoms with van der Waals surface area (Å²) < 4.78 is 28.3. The molecule has 5 nitrogen and oxygen atoms in total.